The average molecular weight is 338 g/mol. The molecule has 23 heavy (non-hydrogen) atoms. The molecule has 0 aromatic heterocycles. The van der Waals surface area contributed by atoms with Crippen LogP contribution in [0.2, 0.25) is 5.02 Å². The number of halogens is 1. The van der Waals surface area contributed by atoms with Crippen LogP contribution in [0, 0.1) is 5.92 Å². The van der Waals surface area contributed by atoms with Gasteiger partial charge in [0, 0.05) is 17.1 Å². The summed E-state index contributed by atoms with van der Waals surface area (Å²) in [6.07, 6.45) is 3.19. The number of benzene rings is 1. The van der Waals surface area contributed by atoms with E-state index in [0.29, 0.717) is 22.7 Å². The zero-order chi connectivity index (χ0) is 16.6. The number of ether oxygens (including phenoxy) is 1. The summed E-state index contributed by atoms with van der Waals surface area (Å²) < 4.78 is 5.70. The number of piperidine rings is 1. The summed E-state index contributed by atoms with van der Waals surface area (Å²) in [7, 11) is 2.16. The van der Waals surface area contributed by atoms with E-state index in [1.807, 2.05) is 0 Å². The summed E-state index contributed by atoms with van der Waals surface area (Å²) in [5, 5.41) is 10.9. The Kier molecular flexibility index (Phi) is 4.95. The van der Waals surface area contributed by atoms with Crippen molar-refractivity contribution in [3.8, 4) is 0 Å². The highest BCUT2D eigenvalue weighted by molar-refractivity contribution is 6.31. The van der Waals surface area contributed by atoms with Crippen molar-refractivity contribution < 1.29 is 14.6 Å². The summed E-state index contributed by atoms with van der Waals surface area (Å²) in [5.74, 6) is -0.974. The highest BCUT2D eigenvalue weighted by Gasteiger charge is 2.40. The molecule has 2 heterocycles. The summed E-state index contributed by atoms with van der Waals surface area (Å²) in [6.45, 7) is 1.69. The van der Waals surface area contributed by atoms with Crippen molar-refractivity contribution in [2.24, 2.45) is 5.92 Å². The van der Waals surface area contributed by atoms with Crippen LogP contribution in [0.25, 0.3) is 0 Å². The third-order valence-electron chi connectivity index (χ3n) is 5.41. The monoisotopic (exact) mass is 337 g/mol. The Morgan fingerprint density at radius 3 is 2.52 bits per heavy atom. The van der Waals surface area contributed by atoms with Crippen LogP contribution in [0.1, 0.15) is 44.3 Å². The Labute approximate surface area is 142 Å². The molecule has 2 aliphatic heterocycles. The SMILES string of the molecule is CC(C(=O)O[C@H]1C[C@H]2CC[C@@H](C1)N2C)C(O)c1ccccc1Cl. The molecule has 0 amide bonds. The van der Waals surface area contributed by atoms with Crippen molar-refractivity contribution in [1.82, 2.24) is 4.90 Å². The first kappa shape index (κ1) is 16.7. The molecular formula is C18H24ClNO3. The Hall–Kier alpha value is -1.10. The van der Waals surface area contributed by atoms with E-state index in [4.69, 9.17) is 16.3 Å². The largest absolute Gasteiger partial charge is 0.462 e. The van der Waals surface area contributed by atoms with Gasteiger partial charge in [-0.2, -0.15) is 0 Å². The smallest absolute Gasteiger partial charge is 0.311 e. The first-order valence-electron chi connectivity index (χ1n) is 8.32. The highest BCUT2D eigenvalue weighted by atomic mass is 35.5. The number of carbonyl (C=O) groups excluding carboxylic acids is 1. The van der Waals surface area contributed by atoms with Gasteiger partial charge in [0.15, 0.2) is 0 Å². The van der Waals surface area contributed by atoms with Crippen LogP contribution >= 0.6 is 11.6 Å². The maximum Gasteiger partial charge on any atom is 0.311 e. The van der Waals surface area contributed by atoms with Crippen LogP contribution in [0.4, 0.5) is 0 Å². The van der Waals surface area contributed by atoms with Crippen LogP contribution in [0.3, 0.4) is 0 Å². The molecule has 2 aliphatic rings. The minimum atomic E-state index is -0.945. The lowest BCUT2D eigenvalue weighted by Crippen LogP contribution is -2.44. The zero-order valence-corrected chi connectivity index (χ0v) is 14.4. The van der Waals surface area contributed by atoms with Gasteiger partial charge in [-0.15, -0.1) is 0 Å². The van der Waals surface area contributed by atoms with Gasteiger partial charge in [0.05, 0.1) is 12.0 Å². The van der Waals surface area contributed by atoms with E-state index in [-0.39, 0.29) is 12.1 Å². The molecule has 2 bridgehead atoms. The van der Waals surface area contributed by atoms with Gasteiger partial charge in [-0.1, -0.05) is 29.8 Å². The fourth-order valence-electron chi connectivity index (χ4n) is 3.84. The van der Waals surface area contributed by atoms with Crippen LogP contribution in [0.5, 0.6) is 0 Å². The molecule has 0 saturated carbocycles. The minimum Gasteiger partial charge on any atom is -0.462 e. The van der Waals surface area contributed by atoms with Gasteiger partial charge >= 0.3 is 5.97 Å². The highest BCUT2D eigenvalue weighted by Crippen LogP contribution is 2.36. The Morgan fingerprint density at radius 2 is 1.91 bits per heavy atom. The van der Waals surface area contributed by atoms with E-state index in [2.05, 4.69) is 11.9 Å². The molecule has 2 saturated heterocycles. The minimum absolute atomic E-state index is 0.0305. The van der Waals surface area contributed by atoms with E-state index in [9.17, 15) is 9.90 Å². The van der Waals surface area contributed by atoms with Crippen LogP contribution in [0.15, 0.2) is 24.3 Å². The fourth-order valence-corrected chi connectivity index (χ4v) is 4.09. The van der Waals surface area contributed by atoms with Crippen LogP contribution < -0.4 is 0 Å². The van der Waals surface area contributed by atoms with Gasteiger partial charge < -0.3 is 14.7 Å². The second-order valence-corrected chi connectivity index (χ2v) is 7.24. The maximum atomic E-state index is 12.4. The normalized spacial score (nSPS) is 30.0. The van der Waals surface area contributed by atoms with E-state index in [1.54, 1.807) is 31.2 Å². The summed E-state index contributed by atoms with van der Waals surface area (Å²) in [4.78, 5) is 14.8. The molecule has 3 rings (SSSR count). The van der Waals surface area contributed by atoms with Gasteiger partial charge in [0.2, 0.25) is 0 Å². The third kappa shape index (κ3) is 3.39. The first-order valence-corrected chi connectivity index (χ1v) is 8.70. The van der Waals surface area contributed by atoms with Crippen molar-refractivity contribution in [3.63, 3.8) is 0 Å². The third-order valence-corrected chi connectivity index (χ3v) is 5.75. The number of carbonyl (C=O) groups is 1. The van der Waals surface area contributed by atoms with E-state index < -0.39 is 12.0 Å². The van der Waals surface area contributed by atoms with Gasteiger partial charge in [-0.25, -0.2) is 0 Å². The van der Waals surface area contributed by atoms with Gasteiger partial charge in [0.1, 0.15) is 6.10 Å². The fraction of sp³-hybridized carbons (Fsp3) is 0.611. The van der Waals surface area contributed by atoms with E-state index >= 15 is 0 Å². The van der Waals surface area contributed by atoms with Crippen molar-refractivity contribution in [1.29, 1.82) is 0 Å². The number of aliphatic hydroxyl groups is 1. The number of nitrogens with zero attached hydrogens (tertiary/aromatic N) is 1. The second kappa shape index (κ2) is 6.80. The standard InChI is InChI=1S/C18H24ClNO3/c1-11(17(21)15-5-3-4-6-16(15)19)18(22)23-14-9-12-7-8-13(10-14)20(12)2/h3-6,11-14,17,21H,7-10H2,1-2H3/t11?,12-,13+,14+,17?. The molecule has 1 N–H and O–H groups in total. The lowest BCUT2D eigenvalue weighted by molar-refractivity contribution is -0.160. The summed E-state index contributed by atoms with van der Waals surface area (Å²) in [6, 6.07) is 8.11. The molecule has 1 aromatic rings. The number of hydrogen-bond acceptors (Lipinski definition) is 4. The Bertz CT molecular complexity index is 565. The number of aliphatic hydroxyl groups excluding tert-OH is 1. The Balaban J connectivity index is 1.61. The van der Waals surface area contributed by atoms with Crippen LogP contribution in [-0.4, -0.2) is 41.2 Å². The summed E-state index contributed by atoms with van der Waals surface area (Å²) in [5.41, 5.74) is 0.571. The van der Waals surface area contributed by atoms with E-state index in [0.717, 1.165) is 12.8 Å². The first-order chi connectivity index (χ1) is 11.0. The lowest BCUT2D eigenvalue weighted by Gasteiger charge is -2.36. The number of rotatable bonds is 4. The predicted octanol–water partition coefficient (Wildman–Crippen LogP) is 3.18. The van der Waals surface area contributed by atoms with Crippen molar-refractivity contribution in [3.05, 3.63) is 34.9 Å². The van der Waals surface area contributed by atoms with Crippen molar-refractivity contribution >= 4 is 17.6 Å². The number of fused-ring (bicyclic) bond motifs is 2. The topological polar surface area (TPSA) is 49.8 Å². The molecule has 0 aliphatic carbocycles. The molecule has 0 spiro atoms. The number of esters is 1. The molecule has 5 heteroatoms. The second-order valence-electron chi connectivity index (χ2n) is 6.84. The molecule has 1 aromatic carbocycles. The van der Waals surface area contributed by atoms with Crippen molar-refractivity contribution in [2.45, 2.75) is 56.9 Å². The molecule has 5 atom stereocenters. The van der Waals surface area contributed by atoms with Crippen molar-refractivity contribution in [2.75, 3.05) is 7.05 Å². The quantitative estimate of drug-likeness (QED) is 0.857. The van der Waals surface area contributed by atoms with E-state index in [1.165, 1.54) is 12.8 Å². The van der Waals surface area contributed by atoms with Gasteiger partial charge in [-0.05, 0) is 51.3 Å². The molecular weight excluding hydrogens is 314 g/mol. The average Bonchev–Trinajstić information content (AvgIpc) is 2.75. The van der Waals surface area contributed by atoms with Gasteiger partial charge in [-0.3, -0.25) is 4.79 Å². The summed E-state index contributed by atoms with van der Waals surface area (Å²) >= 11 is 6.10. The molecule has 2 unspecified atom stereocenters. The molecule has 0 radical (unpaired) electrons. The lowest BCUT2D eigenvalue weighted by atomic mass is 9.96. The van der Waals surface area contributed by atoms with Gasteiger partial charge in [0.25, 0.3) is 0 Å². The number of hydrogen-bond donors (Lipinski definition) is 1. The molecule has 4 nitrogen and oxygen atoms in total. The molecule has 2 fully saturated rings. The maximum absolute atomic E-state index is 12.4. The zero-order valence-electron chi connectivity index (χ0n) is 13.6. The Morgan fingerprint density at radius 1 is 1.30 bits per heavy atom. The predicted molar refractivity (Wildman–Crippen MR) is 89.3 cm³/mol. The molecule has 126 valence electrons. The van der Waals surface area contributed by atoms with Crippen LogP contribution in [-0.2, 0) is 9.53 Å².